The van der Waals surface area contributed by atoms with Crippen molar-refractivity contribution in [2.75, 3.05) is 0 Å². The third kappa shape index (κ3) is 2.86. The van der Waals surface area contributed by atoms with E-state index in [0.717, 1.165) is 23.7 Å². The molecule has 0 heteroatoms. The van der Waals surface area contributed by atoms with Crippen molar-refractivity contribution in [3.05, 3.63) is 11.6 Å². The van der Waals surface area contributed by atoms with Gasteiger partial charge in [-0.2, -0.15) is 0 Å². The molecule has 1 aliphatic rings. The van der Waals surface area contributed by atoms with Crippen LogP contribution in [-0.2, 0) is 0 Å². The van der Waals surface area contributed by atoms with E-state index < -0.39 is 0 Å². The first kappa shape index (κ1) is 12.8. The Balaban J connectivity index is 2.41. The second-order valence-electron chi connectivity index (χ2n) is 5.42. The lowest BCUT2D eigenvalue weighted by molar-refractivity contribution is 0.225. The predicted molar refractivity (Wildman–Crippen MR) is 68.9 cm³/mol. The number of rotatable bonds is 5. The minimum Gasteiger partial charge on any atom is -0.0879 e. The molecular formula is C15H28. The Bertz CT molecular complexity index is 214. The van der Waals surface area contributed by atoms with Gasteiger partial charge < -0.3 is 0 Å². The zero-order valence-electron chi connectivity index (χ0n) is 11.2. The summed E-state index contributed by atoms with van der Waals surface area (Å²) in [6.45, 7) is 11.7. The Kier molecular flexibility index (Phi) is 4.89. The largest absolute Gasteiger partial charge is 0.0879 e. The molecule has 0 N–H and O–H groups in total. The third-order valence-electron chi connectivity index (χ3n) is 4.61. The molecule has 0 aromatic carbocycles. The fraction of sp³-hybridized carbons (Fsp3) is 0.867. The Morgan fingerprint density at radius 2 is 1.87 bits per heavy atom. The van der Waals surface area contributed by atoms with E-state index in [9.17, 15) is 0 Å². The van der Waals surface area contributed by atoms with E-state index in [-0.39, 0.29) is 0 Å². The first-order valence-corrected chi connectivity index (χ1v) is 6.80. The van der Waals surface area contributed by atoms with E-state index in [1.165, 1.54) is 25.7 Å². The number of hydrogen-bond acceptors (Lipinski definition) is 0. The van der Waals surface area contributed by atoms with Crippen molar-refractivity contribution in [3.63, 3.8) is 0 Å². The molecule has 0 nitrogen and oxygen atoms in total. The van der Waals surface area contributed by atoms with Crippen molar-refractivity contribution in [1.82, 2.24) is 0 Å². The maximum Gasteiger partial charge on any atom is -0.0192 e. The van der Waals surface area contributed by atoms with Crippen molar-refractivity contribution in [2.24, 2.45) is 23.7 Å². The molecular weight excluding hydrogens is 180 g/mol. The van der Waals surface area contributed by atoms with E-state index in [1.807, 2.05) is 0 Å². The molecule has 1 fully saturated rings. The summed E-state index contributed by atoms with van der Waals surface area (Å²) in [6.07, 6.45) is 7.93. The summed E-state index contributed by atoms with van der Waals surface area (Å²) >= 11 is 0. The minimum absolute atomic E-state index is 0.892. The molecule has 0 aliphatic heterocycles. The summed E-state index contributed by atoms with van der Waals surface area (Å²) in [5, 5.41) is 0. The highest BCUT2D eigenvalue weighted by Gasteiger charge is 2.34. The summed E-state index contributed by atoms with van der Waals surface area (Å²) in [7, 11) is 0. The predicted octanol–water partition coefficient (Wildman–Crippen LogP) is 5.05. The van der Waals surface area contributed by atoms with Gasteiger partial charge in [0.15, 0.2) is 0 Å². The van der Waals surface area contributed by atoms with Crippen LogP contribution in [-0.4, -0.2) is 0 Å². The van der Waals surface area contributed by atoms with Crippen LogP contribution in [0.1, 0.15) is 60.3 Å². The van der Waals surface area contributed by atoms with E-state index in [0.29, 0.717) is 0 Å². The van der Waals surface area contributed by atoms with Crippen LogP contribution >= 0.6 is 0 Å². The molecule has 0 saturated heterocycles. The van der Waals surface area contributed by atoms with Crippen LogP contribution in [0.25, 0.3) is 0 Å². The average molecular weight is 208 g/mol. The smallest absolute Gasteiger partial charge is 0.0192 e. The van der Waals surface area contributed by atoms with Gasteiger partial charge in [-0.15, -0.1) is 0 Å². The summed E-state index contributed by atoms with van der Waals surface area (Å²) < 4.78 is 0. The van der Waals surface area contributed by atoms with Crippen molar-refractivity contribution in [2.45, 2.75) is 60.3 Å². The van der Waals surface area contributed by atoms with Gasteiger partial charge in [0, 0.05) is 0 Å². The lowest BCUT2D eigenvalue weighted by atomic mass is 9.64. The van der Waals surface area contributed by atoms with Crippen LogP contribution < -0.4 is 0 Å². The van der Waals surface area contributed by atoms with Gasteiger partial charge >= 0.3 is 0 Å². The zero-order valence-corrected chi connectivity index (χ0v) is 11.2. The number of hydrogen-bond donors (Lipinski definition) is 0. The molecule has 0 spiro atoms. The first-order chi connectivity index (χ1) is 7.13. The molecule has 1 rings (SSSR count). The molecule has 0 aromatic heterocycles. The molecule has 88 valence electrons. The standard InChI is InChI=1S/C15H28/c1-6-11(4)12(5)9-14-10-13(7-2)15(14)8-3/h8,11-14H,6-7,9-10H2,1-5H3. The zero-order chi connectivity index (χ0) is 11.4. The van der Waals surface area contributed by atoms with Crippen LogP contribution in [0.5, 0.6) is 0 Å². The highest BCUT2D eigenvalue weighted by atomic mass is 14.4. The highest BCUT2D eigenvalue weighted by Crippen LogP contribution is 2.45. The van der Waals surface area contributed by atoms with Gasteiger partial charge in [0.05, 0.1) is 0 Å². The second kappa shape index (κ2) is 5.72. The van der Waals surface area contributed by atoms with Crippen LogP contribution in [0, 0.1) is 23.7 Å². The fourth-order valence-electron chi connectivity index (χ4n) is 2.98. The lowest BCUT2D eigenvalue weighted by Crippen LogP contribution is -2.29. The second-order valence-corrected chi connectivity index (χ2v) is 5.42. The Labute approximate surface area is 96.2 Å². The molecule has 4 atom stereocenters. The average Bonchev–Trinajstić information content (AvgIpc) is 2.22. The molecule has 0 bridgehead atoms. The van der Waals surface area contributed by atoms with Crippen molar-refractivity contribution in [1.29, 1.82) is 0 Å². The van der Waals surface area contributed by atoms with Crippen molar-refractivity contribution in [3.8, 4) is 0 Å². The molecule has 4 unspecified atom stereocenters. The monoisotopic (exact) mass is 208 g/mol. The van der Waals surface area contributed by atoms with Gasteiger partial charge in [-0.25, -0.2) is 0 Å². The lowest BCUT2D eigenvalue weighted by Gasteiger charge is -2.41. The molecule has 0 amide bonds. The molecule has 0 radical (unpaired) electrons. The molecule has 1 aliphatic carbocycles. The number of allylic oxidation sites excluding steroid dienone is 2. The normalized spacial score (nSPS) is 32.5. The molecule has 1 saturated carbocycles. The SMILES string of the molecule is CC=C1C(CC)CC1CC(C)C(C)CC. The van der Waals surface area contributed by atoms with Gasteiger partial charge in [0.2, 0.25) is 0 Å². The highest BCUT2D eigenvalue weighted by molar-refractivity contribution is 5.19. The van der Waals surface area contributed by atoms with Crippen LogP contribution in [0.2, 0.25) is 0 Å². The quantitative estimate of drug-likeness (QED) is 0.555. The maximum absolute atomic E-state index is 2.43. The van der Waals surface area contributed by atoms with E-state index in [2.05, 4.69) is 40.7 Å². The van der Waals surface area contributed by atoms with Gasteiger partial charge in [0.1, 0.15) is 0 Å². The van der Waals surface area contributed by atoms with Crippen LogP contribution in [0.3, 0.4) is 0 Å². The molecule has 0 heterocycles. The van der Waals surface area contributed by atoms with E-state index in [4.69, 9.17) is 0 Å². The fourth-order valence-corrected chi connectivity index (χ4v) is 2.98. The third-order valence-corrected chi connectivity index (χ3v) is 4.61. The minimum atomic E-state index is 0.892. The maximum atomic E-state index is 2.43. The van der Waals surface area contributed by atoms with Gasteiger partial charge in [0.25, 0.3) is 0 Å². The van der Waals surface area contributed by atoms with Crippen LogP contribution in [0.4, 0.5) is 0 Å². The summed E-state index contributed by atoms with van der Waals surface area (Å²) in [5.41, 5.74) is 1.76. The van der Waals surface area contributed by atoms with Crippen LogP contribution in [0.15, 0.2) is 11.6 Å². The Morgan fingerprint density at radius 1 is 1.20 bits per heavy atom. The van der Waals surface area contributed by atoms with E-state index in [1.54, 1.807) is 5.57 Å². The van der Waals surface area contributed by atoms with Gasteiger partial charge in [-0.05, 0) is 49.9 Å². The topological polar surface area (TPSA) is 0 Å². The molecule has 0 aromatic rings. The summed E-state index contributed by atoms with van der Waals surface area (Å²) in [5.74, 6) is 3.63. The molecule has 15 heavy (non-hydrogen) atoms. The summed E-state index contributed by atoms with van der Waals surface area (Å²) in [4.78, 5) is 0. The van der Waals surface area contributed by atoms with E-state index >= 15 is 0 Å². The van der Waals surface area contributed by atoms with Crippen molar-refractivity contribution < 1.29 is 0 Å². The van der Waals surface area contributed by atoms with Gasteiger partial charge in [-0.1, -0.05) is 45.8 Å². The summed E-state index contributed by atoms with van der Waals surface area (Å²) in [6, 6.07) is 0. The Morgan fingerprint density at radius 3 is 2.33 bits per heavy atom. The first-order valence-electron chi connectivity index (χ1n) is 6.80. The Hall–Kier alpha value is -0.260. The van der Waals surface area contributed by atoms with Crippen molar-refractivity contribution >= 4 is 0 Å². The van der Waals surface area contributed by atoms with Gasteiger partial charge in [-0.3, -0.25) is 0 Å².